The minimum Gasteiger partial charge on any atom is -0.506 e. The number of phenolic OH excluding ortho intramolecular Hbond substituents is 1. The van der Waals surface area contributed by atoms with Crippen LogP contribution < -0.4 is 10.6 Å². The minimum absolute atomic E-state index is 0.109. The Morgan fingerprint density at radius 1 is 1.11 bits per heavy atom. The highest BCUT2D eigenvalue weighted by atomic mass is 127. The van der Waals surface area contributed by atoms with Gasteiger partial charge in [0.25, 0.3) is 0 Å². The second-order valence-electron chi connectivity index (χ2n) is 5.85. The summed E-state index contributed by atoms with van der Waals surface area (Å²) in [4.78, 5) is 24.7. The van der Waals surface area contributed by atoms with Crippen molar-refractivity contribution in [1.29, 1.82) is 0 Å². The summed E-state index contributed by atoms with van der Waals surface area (Å²) in [6, 6.07) is 12.0. The molecule has 0 aliphatic rings. The molecule has 2 amide bonds. The summed E-state index contributed by atoms with van der Waals surface area (Å²) in [5.74, 6) is 0.116. The number of hydrogen-bond acceptors (Lipinski definition) is 4. The molecule has 2 aromatic rings. The Kier molecular flexibility index (Phi) is 9.59. The number of ether oxygens (including phenoxy) is 1. The normalized spacial score (nSPS) is 11.5. The van der Waals surface area contributed by atoms with E-state index in [1.54, 1.807) is 12.1 Å². The van der Waals surface area contributed by atoms with Gasteiger partial charge in [0.15, 0.2) is 0 Å². The molecule has 2 aromatic carbocycles. The molecule has 9 heteroatoms. The van der Waals surface area contributed by atoms with Gasteiger partial charge >= 0.3 is 6.09 Å². The number of aromatic hydroxyl groups is 1. The molecule has 0 aromatic heterocycles. The first kappa shape index (κ1) is 23.0. The monoisotopic (exact) mass is 628 g/mol. The van der Waals surface area contributed by atoms with Crippen LogP contribution >= 0.6 is 56.8 Å². The average Bonchev–Trinajstić information content (AvgIpc) is 2.69. The second kappa shape index (κ2) is 11.7. The Hall–Kier alpha value is -1.27. The lowest BCUT2D eigenvalue weighted by Crippen LogP contribution is -2.48. The zero-order valence-corrected chi connectivity index (χ0v) is 19.8. The standard InChI is InChI=1S/C19H19ClI2N2O4/c20-6-7-23-18(26)16(10-13-8-14(21)17(25)15(22)9-13)24-19(27)28-11-12-4-2-1-3-5-12/h1-5,8-9,16,25H,6-7,10-11H2,(H,23,26)(H,24,27)/t16-/m0/s1. The Labute approximate surface area is 195 Å². The zero-order chi connectivity index (χ0) is 20.5. The smallest absolute Gasteiger partial charge is 0.408 e. The van der Waals surface area contributed by atoms with Gasteiger partial charge in [-0.05, 0) is 68.4 Å². The molecule has 6 nitrogen and oxygen atoms in total. The minimum atomic E-state index is -0.831. The largest absolute Gasteiger partial charge is 0.506 e. The number of hydrogen-bond donors (Lipinski definition) is 3. The van der Waals surface area contributed by atoms with E-state index in [9.17, 15) is 14.7 Å². The van der Waals surface area contributed by atoms with Crippen molar-refractivity contribution in [2.45, 2.75) is 19.1 Å². The van der Waals surface area contributed by atoms with Crippen molar-refractivity contribution < 1.29 is 19.4 Å². The van der Waals surface area contributed by atoms with Crippen molar-refractivity contribution in [3.05, 3.63) is 60.7 Å². The molecule has 3 N–H and O–H groups in total. The number of halogens is 3. The Morgan fingerprint density at radius 3 is 2.36 bits per heavy atom. The van der Waals surface area contributed by atoms with Gasteiger partial charge in [0.1, 0.15) is 18.4 Å². The summed E-state index contributed by atoms with van der Waals surface area (Å²) in [5.41, 5.74) is 1.66. The Bertz CT molecular complexity index is 798. The quantitative estimate of drug-likeness (QED) is 0.307. The molecule has 0 heterocycles. The first-order valence-electron chi connectivity index (χ1n) is 8.38. The molecule has 2 rings (SSSR count). The predicted octanol–water partition coefficient (Wildman–Crippen LogP) is 3.79. The molecule has 0 unspecified atom stereocenters. The number of alkyl halides is 1. The van der Waals surface area contributed by atoms with E-state index in [4.69, 9.17) is 16.3 Å². The van der Waals surface area contributed by atoms with Crippen LogP contribution in [0.4, 0.5) is 4.79 Å². The summed E-state index contributed by atoms with van der Waals surface area (Å²) in [6.45, 7) is 0.403. The summed E-state index contributed by atoms with van der Waals surface area (Å²) < 4.78 is 6.56. The highest BCUT2D eigenvalue weighted by molar-refractivity contribution is 14.1. The van der Waals surface area contributed by atoms with E-state index in [2.05, 4.69) is 10.6 Å². The fourth-order valence-corrected chi connectivity index (χ4v) is 4.37. The predicted molar refractivity (Wildman–Crippen MR) is 125 cm³/mol. The van der Waals surface area contributed by atoms with Gasteiger partial charge in [-0.1, -0.05) is 30.3 Å². The van der Waals surface area contributed by atoms with E-state index in [0.717, 1.165) is 11.1 Å². The van der Waals surface area contributed by atoms with Crippen molar-refractivity contribution in [2.75, 3.05) is 12.4 Å². The number of phenols is 1. The van der Waals surface area contributed by atoms with Crippen LogP contribution in [0.3, 0.4) is 0 Å². The van der Waals surface area contributed by atoms with Crippen molar-refractivity contribution in [3.8, 4) is 5.75 Å². The molecule has 0 saturated carbocycles. The Balaban J connectivity index is 2.06. The van der Waals surface area contributed by atoms with Crippen molar-refractivity contribution in [1.82, 2.24) is 10.6 Å². The fraction of sp³-hybridized carbons (Fsp3) is 0.263. The summed E-state index contributed by atoms with van der Waals surface area (Å²) in [5, 5.41) is 15.2. The molecule has 0 aliphatic heterocycles. The molecule has 28 heavy (non-hydrogen) atoms. The topological polar surface area (TPSA) is 87.7 Å². The lowest BCUT2D eigenvalue weighted by atomic mass is 10.1. The van der Waals surface area contributed by atoms with Crippen LogP contribution in [-0.4, -0.2) is 35.6 Å². The highest BCUT2D eigenvalue weighted by Crippen LogP contribution is 2.27. The number of nitrogens with one attached hydrogen (secondary N) is 2. The maximum Gasteiger partial charge on any atom is 0.408 e. The molecule has 0 aliphatic carbocycles. The maximum absolute atomic E-state index is 12.5. The van der Waals surface area contributed by atoms with Crippen LogP contribution in [0, 0.1) is 7.14 Å². The Morgan fingerprint density at radius 2 is 1.75 bits per heavy atom. The summed E-state index contributed by atoms with van der Waals surface area (Å²) in [7, 11) is 0. The van der Waals surface area contributed by atoms with Gasteiger partial charge in [-0.3, -0.25) is 4.79 Å². The number of carbonyl (C=O) groups is 2. The van der Waals surface area contributed by atoms with Crippen LogP contribution in [0.5, 0.6) is 5.75 Å². The molecular formula is C19H19ClI2N2O4. The molecule has 0 bridgehead atoms. The lowest BCUT2D eigenvalue weighted by molar-refractivity contribution is -0.122. The third-order valence-corrected chi connectivity index (χ3v) is 5.57. The molecular weight excluding hydrogens is 609 g/mol. The van der Waals surface area contributed by atoms with Crippen LogP contribution in [-0.2, 0) is 22.6 Å². The van der Waals surface area contributed by atoms with Crippen molar-refractivity contribution >= 4 is 68.8 Å². The van der Waals surface area contributed by atoms with Crippen LogP contribution in [0.25, 0.3) is 0 Å². The molecule has 0 saturated heterocycles. The number of alkyl carbamates (subject to hydrolysis) is 1. The zero-order valence-electron chi connectivity index (χ0n) is 14.8. The molecule has 150 valence electrons. The van der Waals surface area contributed by atoms with Gasteiger partial charge in [0.05, 0.1) is 7.14 Å². The number of amides is 2. The van der Waals surface area contributed by atoms with E-state index in [0.29, 0.717) is 13.7 Å². The van der Waals surface area contributed by atoms with E-state index < -0.39 is 12.1 Å². The SMILES string of the molecule is O=C(N[C@@H](Cc1cc(I)c(O)c(I)c1)C(=O)NCCCl)OCc1ccccc1. The number of rotatable bonds is 8. The van der Waals surface area contributed by atoms with Crippen molar-refractivity contribution in [3.63, 3.8) is 0 Å². The molecule has 0 fully saturated rings. The molecule has 0 spiro atoms. The highest BCUT2D eigenvalue weighted by Gasteiger charge is 2.22. The lowest BCUT2D eigenvalue weighted by Gasteiger charge is -2.19. The van der Waals surface area contributed by atoms with Gasteiger partial charge in [0.2, 0.25) is 5.91 Å². The first-order valence-corrected chi connectivity index (χ1v) is 11.1. The average molecular weight is 629 g/mol. The third-order valence-electron chi connectivity index (χ3n) is 3.73. The third kappa shape index (κ3) is 7.28. The van der Waals surface area contributed by atoms with Gasteiger partial charge in [-0.2, -0.15) is 0 Å². The summed E-state index contributed by atoms with van der Waals surface area (Å²) >= 11 is 9.68. The molecule has 0 radical (unpaired) electrons. The van der Waals surface area contributed by atoms with E-state index in [1.807, 2.05) is 75.5 Å². The molecule has 1 atom stereocenters. The first-order chi connectivity index (χ1) is 13.4. The van der Waals surface area contributed by atoms with E-state index >= 15 is 0 Å². The van der Waals surface area contributed by atoms with Gasteiger partial charge < -0.3 is 20.5 Å². The van der Waals surface area contributed by atoms with E-state index in [-0.39, 0.29) is 30.6 Å². The van der Waals surface area contributed by atoms with Gasteiger partial charge in [-0.15, -0.1) is 11.6 Å². The maximum atomic E-state index is 12.5. The number of carbonyl (C=O) groups excluding carboxylic acids is 2. The van der Waals surface area contributed by atoms with Gasteiger partial charge in [0, 0.05) is 18.8 Å². The van der Waals surface area contributed by atoms with Crippen LogP contribution in [0.1, 0.15) is 11.1 Å². The van der Waals surface area contributed by atoms with Crippen LogP contribution in [0.15, 0.2) is 42.5 Å². The van der Waals surface area contributed by atoms with Crippen LogP contribution in [0.2, 0.25) is 0 Å². The number of benzene rings is 2. The summed E-state index contributed by atoms with van der Waals surface area (Å²) in [6.07, 6.45) is -0.432. The van der Waals surface area contributed by atoms with Crippen molar-refractivity contribution in [2.24, 2.45) is 0 Å². The van der Waals surface area contributed by atoms with Gasteiger partial charge in [-0.25, -0.2) is 4.79 Å². The van der Waals surface area contributed by atoms with E-state index in [1.165, 1.54) is 0 Å². The second-order valence-corrected chi connectivity index (χ2v) is 8.55. The fourth-order valence-electron chi connectivity index (χ4n) is 2.38.